The van der Waals surface area contributed by atoms with E-state index in [1.54, 1.807) is 0 Å². The van der Waals surface area contributed by atoms with E-state index in [1.165, 1.54) is 83.5 Å². The van der Waals surface area contributed by atoms with Crippen molar-refractivity contribution < 1.29 is 75.8 Å². The number of aliphatic hydroxyl groups is 2. The standard InChI is InChI=1S/C91H148O16P2/c1-4-7-10-13-16-19-22-25-28-31-34-36-37-38-39-40-41-42-43-44-45-46-47-49-52-53-56-59-62-65-68-71-74-77-89(94)101-80-86(92)81-103-108(97,98)104-82-87(93)83-105-109(99,100)106-85-88(107-91(96)79-76-73-70-67-64-61-58-55-50-33-30-27-24-21-18-15-12-9-6-3)84-102-90(95)78-75-72-69-66-63-60-57-54-51-48-35-32-29-26-23-20-17-14-11-8-5-2/h7,9-10,12,16-21,25-30,34-36,38-39,41-42,48,50,54-55,57,61,64,70,73,86-88,92-93H,4-6,8,11,13-15,22-24,31-33,37,40,43-47,49,51-53,56,58-60,62-63,65-69,71-72,74-85H2,1-3H3,(H,97,98)(H,99,100)/b10-7-,12-9-,19-16-,20-17-,21-18-,28-25-,29-26-,30-27-,36-34-,39-38-,42-41-,48-35-,55-50-,57-54-,64-61-,73-70-. The van der Waals surface area contributed by atoms with Crippen LogP contribution in [0.15, 0.2) is 194 Å². The lowest BCUT2D eigenvalue weighted by molar-refractivity contribution is -0.161. The molecule has 0 saturated heterocycles. The van der Waals surface area contributed by atoms with Gasteiger partial charge in [-0.1, -0.05) is 324 Å². The first-order chi connectivity index (χ1) is 53.2. The number of esters is 3. The van der Waals surface area contributed by atoms with Gasteiger partial charge in [-0.3, -0.25) is 32.5 Å². The maximum absolute atomic E-state index is 13.0. The molecule has 0 bridgehead atoms. The third kappa shape index (κ3) is 83.2. The minimum atomic E-state index is -4.97. The van der Waals surface area contributed by atoms with Gasteiger partial charge in [0.2, 0.25) is 0 Å². The Morgan fingerprint density at radius 1 is 0.266 bits per heavy atom. The normalized spacial score (nSPS) is 14.9. The number of ether oxygens (including phenoxy) is 3. The predicted molar refractivity (Wildman–Crippen MR) is 454 cm³/mol. The summed E-state index contributed by atoms with van der Waals surface area (Å²) in [5.74, 6) is -1.70. The van der Waals surface area contributed by atoms with E-state index in [0.29, 0.717) is 25.7 Å². The van der Waals surface area contributed by atoms with Crippen LogP contribution in [0.3, 0.4) is 0 Å². The van der Waals surface area contributed by atoms with Crippen molar-refractivity contribution in [1.29, 1.82) is 0 Å². The SMILES string of the molecule is CC/C=C\C/C=C\C/C=C\C/C=C\C/C=C\C/C=C\CCCCCCCCCCCCCCCCC(=O)OCC(O)COP(=O)(O)OCC(O)COP(=O)(O)OCC(COC(=O)CCCCCCC/C=C\C/C=C\C/C=C\C/C=C\CCCCC)OC(=O)CC/C=C\C/C=C\C/C=C\C/C=C\C/C=C\C/C=C\CC. The number of hydrogen-bond donors (Lipinski definition) is 4. The Kier molecular flexibility index (Phi) is 77.7. The van der Waals surface area contributed by atoms with E-state index >= 15 is 0 Å². The van der Waals surface area contributed by atoms with Gasteiger partial charge < -0.3 is 34.2 Å². The molecule has 0 amide bonds. The van der Waals surface area contributed by atoms with Gasteiger partial charge in [0.1, 0.15) is 25.4 Å². The molecule has 16 nitrogen and oxygen atoms in total. The Labute approximate surface area is 661 Å². The van der Waals surface area contributed by atoms with Crippen LogP contribution in [0.4, 0.5) is 0 Å². The molecule has 618 valence electrons. The van der Waals surface area contributed by atoms with Gasteiger partial charge in [0, 0.05) is 19.3 Å². The molecular weight excluding hydrogens is 1410 g/mol. The first-order valence-electron chi connectivity index (χ1n) is 41.7. The molecule has 0 fully saturated rings. The maximum Gasteiger partial charge on any atom is 0.472 e. The summed E-state index contributed by atoms with van der Waals surface area (Å²) in [6.45, 7) is 2.30. The van der Waals surface area contributed by atoms with Crippen LogP contribution in [0, 0.1) is 0 Å². The molecule has 0 radical (unpaired) electrons. The third-order valence-electron chi connectivity index (χ3n) is 16.8. The number of allylic oxidation sites excluding steroid dienone is 32. The van der Waals surface area contributed by atoms with Crippen molar-refractivity contribution >= 4 is 33.6 Å². The average Bonchev–Trinajstić information content (AvgIpc) is 0.896. The minimum absolute atomic E-state index is 0.0318. The van der Waals surface area contributed by atoms with Gasteiger partial charge in [-0.05, 0) is 154 Å². The van der Waals surface area contributed by atoms with Crippen molar-refractivity contribution in [2.24, 2.45) is 0 Å². The van der Waals surface area contributed by atoms with Gasteiger partial charge in [0.25, 0.3) is 0 Å². The quantitative estimate of drug-likeness (QED) is 0.0146. The third-order valence-corrected chi connectivity index (χ3v) is 18.7. The fourth-order valence-corrected chi connectivity index (χ4v) is 12.1. The van der Waals surface area contributed by atoms with Crippen LogP contribution in [0.1, 0.15) is 303 Å². The highest BCUT2D eigenvalue weighted by atomic mass is 31.2. The Morgan fingerprint density at radius 3 is 0.807 bits per heavy atom. The fraction of sp³-hybridized carbons (Fsp3) is 0.615. The lowest BCUT2D eigenvalue weighted by Crippen LogP contribution is -2.29. The van der Waals surface area contributed by atoms with Crippen molar-refractivity contribution in [3.63, 3.8) is 0 Å². The summed E-state index contributed by atoms with van der Waals surface area (Å²) in [6, 6.07) is 0. The van der Waals surface area contributed by atoms with Crippen LogP contribution in [0.25, 0.3) is 0 Å². The summed E-state index contributed by atoms with van der Waals surface area (Å²) in [5.41, 5.74) is 0. The molecule has 18 heteroatoms. The first-order valence-corrected chi connectivity index (χ1v) is 44.7. The molecule has 0 aliphatic rings. The van der Waals surface area contributed by atoms with Crippen molar-refractivity contribution in [2.45, 2.75) is 322 Å². The van der Waals surface area contributed by atoms with Crippen molar-refractivity contribution in [3.8, 4) is 0 Å². The van der Waals surface area contributed by atoms with Gasteiger partial charge in [-0.25, -0.2) is 9.13 Å². The monoisotopic (exact) mass is 1560 g/mol. The molecule has 0 aliphatic heterocycles. The summed E-state index contributed by atoms with van der Waals surface area (Å²) in [5, 5.41) is 20.7. The summed E-state index contributed by atoms with van der Waals surface area (Å²) in [4.78, 5) is 58.7. The minimum Gasteiger partial charge on any atom is -0.463 e. The van der Waals surface area contributed by atoms with Crippen molar-refractivity contribution in [2.75, 3.05) is 39.6 Å². The molecule has 4 N–H and O–H groups in total. The topological polar surface area (TPSA) is 231 Å². The molecular formula is C91H148O16P2. The molecule has 0 heterocycles. The van der Waals surface area contributed by atoms with E-state index < -0.39 is 91.5 Å². The highest BCUT2D eigenvalue weighted by Gasteiger charge is 2.29. The first kappa shape index (κ1) is 103. The van der Waals surface area contributed by atoms with Gasteiger partial charge in [-0.15, -0.1) is 0 Å². The Morgan fingerprint density at radius 2 is 0.505 bits per heavy atom. The van der Waals surface area contributed by atoms with E-state index in [-0.39, 0.29) is 19.3 Å². The second kappa shape index (κ2) is 81.9. The smallest absolute Gasteiger partial charge is 0.463 e. The zero-order chi connectivity index (χ0) is 79.4. The van der Waals surface area contributed by atoms with Crippen molar-refractivity contribution in [3.05, 3.63) is 194 Å². The largest absolute Gasteiger partial charge is 0.472 e. The second-order valence-corrected chi connectivity index (χ2v) is 30.1. The van der Waals surface area contributed by atoms with E-state index in [1.807, 2.05) is 18.2 Å². The molecule has 0 saturated carbocycles. The molecule has 0 aromatic carbocycles. The number of aliphatic hydroxyl groups excluding tert-OH is 2. The highest BCUT2D eigenvalue weighted by Crippen LogP contribution is 2.45. The molecule has 109 heavy (non-hydrogen) atoms. The number of hydrogen-bond acceptors (Lipinski definition) is 14. The van der Waals surface area contributed by atoms with Gasteiger partial charge >= 0.3 is 33.6 Å². The molecule has 5 unspecified atom stereocenters. The maximum atomic E-state index is 13.0. The van der Waals surface area contributed by atoms with E-state index in [4.69, 9.17) is 32.3 Å². The fourth-order valence-electron chi connectivity index (χ4n) is 10.5. The number of carbonyl (C=O) groups excluding carboxylic acids is 3. The summed E-state index contributed by atoms with van der Waals surface area (Å²) in [6.07, 6.45) is 108. The van der Waals surface area contributed by atoms with Crippen LogP contribution >= 0.6 is 15.6 Å². The van der Waals surface area contributed by atoms with E-state index in [2.05, 4.69) is 197 Å². The summed E-state index contributed by atoms with van der Waals surface area (Å²) in [7, 11) is -9.84. The number of phosphoric acid groups is 2. The van der Waals surface area contributed by atoms with Crippen LogP contribution in [-0.2, 0) is 55.8 Å². The lowest BCUT2D eigenvalue weighted by atomic mass is 10.0. The lowest BCUT2D eigenvalue weighted by Gasteiger charge is -2.21. The molecule has 0 aromatic rings. The number of carbonyl (C=O) groups is 3. The van der Waals surface area contributed by atoms with Crippen LogP contribution in [0.5, 0.6) is 0 Å². The zero-order valence-corrected chi connectivity index (χ0v) is 69.4. The molecule has 0 aliphatic carbocycles. The highest BCUT2D eigenvalue weighted by molar-refractivity contribution is 7.47. The van der Waals surface area contributed by atoms with Crippen LogP contribution in [-0.4, -0.2) is 95.9 Å². The zero-order valence-electron chi connectivity index (χ0n) is 67.6. The van der Waals surface area contributed by atoms with Crippen LogP contribution < -0.4 is 0 Å². The van der Waals surface area contributed by atoms with Gasteiger partial charge in [0.15, 0.2) is 6.10 Å². The van der Waals surface area contributed by atoms with Crippen molar-refractivity contribution in [1.82, 2.24) is 0 Å². The van der Waals surface area contributed by atoms with Crippen LogP contribution in [0.2, 0.25) is 0 Å². The second-order valence-electron chi connectivity index (χ2n) is 27.2. The Balaban J connectivity index is 4.60. The Bertz CT molecular complexity index is 2760. The summed E-state index contributed by atoms with van der Waals surface area (Å²) < 4.78 is 61.1. The molecule has 5 atom stereocenters. The van der Waals surface area contributed by atoms with Gasteiger partial charge in [0.05, 0.1) is 26.4 Å². The summed E-state index contributed by atoms with van der Waals surface area (Å²) >= 11 is 0. The number of phosphoric ester groups is 2. The van der Waals surface area contributed by atoms with Gasteiger partial charge in [-0.2, -0.15) is 0 Å². The van der Waals surface area contributed by atoms with E-state index in [9.17, 15) is 43.5 Å². The predicted octanol–water partition coefficient (Wildman–Crippen LogP) is 25.1. The Hall–Kier alpha value is -5.61. The average molecular weight is 1560 g/mol. The molecule has 0 aromatic heterocycles. The molecule has 0 rings (SSSR count). The molecule has 0 spiro atoms. The number of unbranched alkanes of at least 4 members (excludes halogenated alkanes) is 22. The number of rotatable bonds is 77. The van der Waals surface area contributed by atoms with E-state index in [0.717, 1.165) is 154 Å².